The van der Waals surface area contributed by atoms with E-state index in [1.165, 1.54) is 0 Å². The van der Waals surface area contributed by atoms with Crippen LogP contribution in [0.2, 0.25) is 5.02 Å². The summed E-state index contributed by atoms with van der Waals surface area (Å²) in [6.07, 6.45) is -2.34. The van der Waals surface area contributed by atoms with E-state index >= 15 is 0 Å². The summed E-state index contributed by atoms with van der Waals surface area (Å²) in [5.74, 6) is 0. The summed E-state index contributed by atoms with van der Waals surface area (Å²) >= 11 is 6.26. The molecule has 1 aliphatic rings. The molecule has 34 heavy (non-hydrogen) atoms. The summed E-state index contributed by atoms with van der Waals surface area (Å²) in [6, 6.07) is 13.7. The van der Waals surface area contributed by atoms with Gasteiger partial charge < -0.3 is 34.8 Å². The van der Waals surface area contributed by atoms with Crippen molar-refractivity contribution < 1.29 is 30.3 Å². The van der Waals surface area contributed by atoms with Crippen molar-refractivity contribution in [1.82, 2.24) is 4.57 Å². The van der Waals surface area contributed by atoms with E-state index in [4.69, 9.17) is 16.3 Å². The third kappa shape index (κ3) is 5.31. The van der Waals surface area contributed by atoms with Crippen LogP contribution in [-0.2, 0) is 17.6 Å². The third-order valence-corrected chi connectivity index (χ3v) is 6.70. The minimum atomic E-state index is -1.47. The number of hydrogen-bond donors (Lipinski definition) is 5. The Morgan fingerprint density at radius 1 is 0.971 bits per heavy atom. The number of fused-ring (bicyclic) bond motifs is 1. The van der Waals surface area contributed by atoms with Gasteiger partial charge in [0.05, 0.1) is 17.7 Å². The number of aryl methyl sites for hydroxylation is 1. The molecule has 184 valence electrons. The number of hydrogen-bond acceptors (Lipinski definition) is 6. The molecular formula is C26H32ClNO6. The second-order valence-electron chi connectivity index (χ2n) is 9.75. The van der Waals surface area contributed by atoms with E-state index in [0.29, 0.717) is 23.4 Å². The van der Waals surface area contributed by atoms with Crippen LogP contribution in [0.5, 0.6) is 0 Å². The number of aromatic nitrogens is 1. The highest BCUT2D eigenvalue weighted by molar-refractivity contribution is 6.31. The molecule has 1 saturated heterocycles. The van der Waals surface area contributed by atoms with Crippen molar-refractivity contribution in [3.05, 3.63) is 70.4 Å². The lowest BCUT2D eigenvalue weighted by atomic mass is 9.97. The predicted molar refractivity (Wildman–Crippen MR) is 130 cm³/mol. The van der Waals surface area contributed by atoms with E-state index in [1.54, 1.807) is 30.5 Å². The van der Waals surface area contributed by atoms with Crippen molar-refractivity contribution in [2.75, 3.05) is 6.61 Å². The average molecular weight is 490 g/mol. The summed E-state index contributed by atoms with van der Waals surface area (Å²) in [5.41, 5.74) is 3.24. The Labute approximate surface area is 203 Å². The Hall–Kier alpha value is -1.97. The lowest BCUT2D eigenvalue weighted by Crippen LogP contribution is -2.56. The predicted octanol–water partition coefficient (Wildman–Crippen LogP) is 2.56. The topological polar surface area (TPSA) is 115 Å². The highest BCUT2D eigenvalue weighted by Crippen LogP contribution is 2.35. The van der Waals surface area contributed by atoms with Crippen LogP contribution >= 0.6 is 11.6 Å². The largest absolute Gasteiger partial charge is 0.394 e. The first-order chi connectivity index (χ1) is 16.1. The molecule has 0 radical (unpaired) electrons. The molecule has 0 aliphatic carbocycles. The van der Waals surface area contributed by atoms with Crippen molar-refractivity contribution in [3.8, 4) is 0 Å². The first kappa shape index (κ1) is 25.1. The molecule has 1 aliphatic heterocycles. The van der Waals surface area contributed by atoms with Crippen LogP contribution in [-0.4, -0.2) is 66.7 Å². The highest BCUT2D eigenvalue weighted by Gasteiger charge is 2.44. The molecule has 0 spiro atoms. The normalized spacial score (nSPS) is 25.7. The molecular weight excluding hydrogens is 458 g/mol. The maximum absolute atomic E-state index is 10.7. The van der Waals surface area contributed by atoms with Gasteiger partial charge in [0.1, 0.15) is 24.4 Å². The fraction of sp³-hybridized carbons (Fsp3) is 0.462. The van der Waals surface area contributed by atoms with Gasteiger partial charge in [0.2, 0.25) is 0 Å². The van der Waals surface area contributed by atoms with Crippen LogP contribution in [0.3, 0.4) is 0 Å². The fourth-order valence-corrected chi connectivity index (χ4v) is 4.62. The number of aliphatic hydroxyl groups is 5. The molecule has 5 N–H and O–H groups in total. The van der Waals surface area contributed by atoms with Gasteiger partial charge in [-0.1, -0.05) is 41.9 Å². The molecule has 0 bridgehead atoms. The molecule has 5 atom stereocenters. The molecule has 0 saturated carbocycles. The zero-order valence-corrected chi connectivity index (χ0v) is 20.1. The third-order valence-electron chi connectivity index (χ3n) is 6.46. The van der Waals surface area contributed by atoms with Gasteiger partial charge in [-0.2, -0.15) is 0 Å². The molecule has 7 nitrogen and oxygen atoms in total. The van der Waals surface area contributed by atoms with Gasteiger partial charge in [0, 0.05) is 16.6 Å². The maximum Gasteiger partial charge on any atom is 0.163 e. The average Bonchev–Trinajstić information content (AvgIpc) is 3.14. The van der Waals surface area contributed by atoms with Gasteiger partial charge in [-0.3, -0.25) is 0 Å². The van der Waals surface area contributed by atoms with Gasteiger partial charge in [-0.15, -0.1) is 0 Å². The first-order valence-corrected chi connectivity index (χ1v) is 11.8. The summed E-state index contributed by atoms with van der Waals surface area (Å²) in [4.78, 5) is 0. The molecule has 0 amide bonds. The minimum Gasteiger partial charge on any atom is -0.394 e. The van der Waals surface area contributed by atoms with Gasteiger partial charge in [0.25, 0.3) is 0 Å². The lowest BCUT2D eigenvalue weighted by Gasteiger charge is -2.40. The number of halogens is 1. The van der Waals surface area contributed by atoms with Crippen LogP contribution < -0.4 is 0 Å². The van der Waals surface area contributed by atoms with E-state index in [9.17, 15) is 25.5 Å². The lowest BCUT2D eigenvalue weighted by molar-refractivity contribution is -0.250. The van der Waals surface area contributed by atoms with Crippen molar-refractivity contribution in [1.29, 1.82) is 0 Å². The fourth-order valence-electron chi connectivity index (χ4n) is 4.45. The first-order valence-electron chi connectivity index (χ1n) is 11.5. The molecule has 0 unspecified atom stereocenters. The summed E-state index contributed by atoms with van der Waals surface area (Å²) in [5, 5.41) is 52.0. The van der Waals surface area contributed by atoms with Gasteiger partial charge >= 0.3 is 0 Å². The van der Waals surface area contributed by atoms with Gasteiger partial charge in [-0.25, -0.2) is 0 Å². The number of ether oxygens (including phenoxy) is 1. The number of rotatable bonds is 7. The Balaban J connectivity index is 1.64. The van der Waals surface area contributed by atoms with Crippen molar-refractivity contribution in [3.63, 3.8) is 0 Å². The van der Waals surface area contributed by atoms with Crippen LogP contribution in [0.4, 0.5) is 0 Å². The molecule has 1 fully saturated rings. The Morgan fingerprint density at radius 2 is 1.65 bits per heavy atom. The van der Waals surface area contributed by atoms with Gasteiger partial charge in [0.15, 0.2) is 6.23 Å². The quantitative estimate of drug-likeness (QED) is 0.348. The maximum atomic E-state index is 10.7. The smallest absolute Gasteiger partial charge is 0.163 e. The summed E-state index contributed by atoms with van der Waals surface area (Å²) in [6.45, 7) is 3.12. The minimum absolute atomic E-state index is 0.492. The molecule has 2 heterocycles. The van der Waals surface area contributed by atoms with E-state index in [-0.39, 0.29) is 0 Å². The summed E-state index contributed by atoms with van der Waals surface area (Å²) in [7, 11) is 0. The van der Waals surface area contributed by atoms with Crippen molar-refractivity contribution in [2.24, 2.45) is 0 Å². The Morgan fingerprint density at radius 3 is 2.29 bits per heavy atom. The molecule has 3 aromatic rings. The highest BCUT2D eigenvalue weighted by atomic mass is 35.5. The Bertz CT molecular complexity index is 1120. The molecule has 4 rings (SSSR count). The second kappa shape index (κ2) is 9.95. The number of aliphatic hydroxyl groups excluding tert-OH is 4. The Kier molecular flexibility index (Phi) is 7.36. The zero-order chi connectivity index (χ0) is 24.6. The van der Waals surface area contributed by atoms with Gasteiger partial charge in [-0.05, 0) is 61.9 Å². The van der Waals surface area contributed by atoms with Crippen molar-refractivity contribution >= 4 is 22.5 Å². The van der Waals surface area contributed by atoms with E-state index in [1.807, 2.05) is 12.3 Å². The van der Waals surface area contributed by atoms with Crippen LogP contribution in [0.15, 0.2) is 48.7 Å². The van der Waals surface area contributed by atoms with Crippen molar-refractivity contribution in [2.45, 2.75) is 69.4 Å². The zero-order valence-electron chi connectivity index (χ0n) is 19.3. The van der Waals surface area contributed by atoms with Crippen LogP contribution in [0.1, 0.15) is 43.2 Å². The SMILES string of the molecule is CC(C)(O)CCc1ccc(Cc2cn([C@@H]3O[C@H](CO)[C@@H](O)[C@H](O)[C@H]3O)c3cc(Cl)ccc23)cc1. The standard InChI is InChI=1S/C26H32ClNO6/c1-26(2,33)10-9-15-3-5-16(6-4-15)11-17-13-28(20-12-18(27)7-8-19(17)20)25-24(32)23(31)22(30)21(14-29)34-25/h3-8,12-13,21-25,29-33H,9-11,14H2,1-2H3/t21-,22-,23+,24-,25-/m1/s1. The number of benzene rings is 2. The van der Waals surface area contributed by atoms with Crippen LogP contribution in [0, 0.1) is 0 Å². The van der Waals surface area contributed by atoms with Crippen LogP contribution in [0.25, 0.3) is 10.9 Å². The monoisotopic (exact) mass is 489 g/mol. The molecule has 1 aromatic heterocycles. The van der Waals surface area contributed by atoms with E-state index < -0.39 is 42.9 Å². The molecule has 2 aromatic carbocycles. The van der Waals surface area contributed by atoms with E-state index in [2.05, 4.69) is 24.3 Å². The van der Waals surface area contributed by atoms with E-state index in [0.717, 1.165) is 28.5 Å². The second-order valence-corrected chi connectivity index (χ2v) is 10.2. The molecule has 8 heteroatoms. The number of nitrogens with zero attached hydrogens (tertiary/aromatic N) is 1. The summed E-state index contributed by atoms with van der Waals surface area (Å²) < 4.78 is 7.49.